The minimum Gasteiger partial charge on any atom is -0.490 e. The van der Waals surface area contributed by atoms with Crippen molar-refractivity contribution < 1.29 is 22.7 Å². The van der Waals surface area contributed by atoms with Crippen molar-refractivity contribution in [3.05, 3.63) is 23.8 Å². The molecular weight excluding hydrogens is 418 g/mol. The number of benzene rings is 1. The topological polar surface area (TPSA) is 88.2 Å². The zero-order valence-corrected chi connectivity index (χ0v) is 19.5. The van der Waals surface area contributed by atoms with Gasteiger partial charge in [0.15, 0.2) is 11.5 Å². The molecule has 31 heavy (non-hydrogen) atoms. The number of piperidine rings is 1. The summed E-state index contributed by atoms with van der Waals surface area (Å²) in [4.78, 5) is 12.6. The molecular formula is C22H35N3O5S. The molecule has 0 unspecified atom stereocenters. The molecule has 0 aliphatic carbocycles. The van der Waals surface area contributed by atoms with Gasteiger partial charge in [0.05, 0.1) is 13.2 Å². The molecule has 174 valence electrons. The van der Waals surface area contributed by atoms with Crippen LogP contribution in [0.15, 0.2) is 18.2 Å². The minimum atomic E-state index is -3.37. The summed E-state index contributed by atoms with van der Waals surface area (Å²) in [7, 11) is -3.37. The van der Waals surface area contributed by atoms with E-state index < -0.39 is 10.2 Å². The van der Waals surface area contributed by atoms with Crippen LogP contribution in [0, 0.1) is 5.92 Å². The van der Waals surface area contributed by atoms with Crippen molar-refractivity contribution in [1.29, 1.82) is 0 Å². The fraction of sp³-hybridized carbons (Fsp3) is 0.682. The van der Waals surface area contributed by atoms with Crippen LogP contribution in [0.3, 0.4) is 0 Å². The van der Waals surface area contributed by atoms with Gasteiger partial charge in [0.1, 0.15) is 0 Å². The number of hydrogen-bond donors (Lipinski definition) is 1. The van der Waals surface area contributed by atoms with Crippen molar-refractivity contribution in [2.45, 2.75) is 46.0 Å². The molecule has 9 heteroatoms. The van der Waals surface area contributed by atoms with E-state index in [1.165, 1.54) is 4.31 Å². The molecule has 0 radical (unpaired) electrons. The molecule has 3 rings (SSSR count). The van der Waals surface area contributed by atoms with E-state index in [1.54, 1.807) is 4.31 Å². The molecule has 1 amide bonds. The Hall–Kier alpha value is -1.84. The molecule has 0 spiro atoms. The van der Waals surface area contributed by atoms with E-state index in [0.29, 0.717) is 65.2 Å². The monoisotopic (exact) mass is 453 g/mol. The highest BCUT2D eigenvalue weighted by atomic mass is 32.2. The maximum atomic E-state index is 12.7. The van der Waals surface area contributed by atoms with Gasteiger partial charge in [-0.25, -0.2) is 0 Å². The SMILES string of the molecule is CCOc1ccc(CCNC(=O)C2CCN(S(=O)(=O)N3CCCC3)CC2)cc1OCC. The second-order valence-electron chi connectivity index (χ2n) is 7.98. The first kappa shape index (κ1) is 23.8. The maximum absolute atomic E-state index is 12.7. The van der Waals surface area contributed by atoms with Gasteiger partial charge in [0.2, 0.25) is 5.91 Å². The predicted molar refractivity (Wildman–Crippen MR) is 120 cm³/mol. The molecule has 0 bridgehead atoms. The van der Waals surface area contributed by atoms with Gasteiger partial charge < -0.3 is 14.8 Å². The number of nitrogens with zero attached hydrogens (tertiary/aromatic N) is 2. The van der Waals surface area contributed by atoms with Crippen LogP contribution in [0.25, 0.3) is 0 Å². The third kappa shape index (κ3) is 6.11. The van der Waals surface area contributed by atoms with Crippen molar-refractivity contribution in [2.75, 3.05) is 45.9 Å². The third-order valence-corrected chi connectivity index (χ3v) is 7.90. The van der Waals surface area contributed by atoms with E-state index in [2.05, 4.69) is 5.32 Å². The lowest BCUT2D eigenvalue weighted by Crippen LogP contribution is -2.48. The molecule has 2 heterocycles. The Balaban J connectivity index is 1.45. The highest BCUT2D eigenvalue weighted by Gasteiger charge is 2.35. The van der Waals surface area contributed by atoms with E-state index in [4.69, 9.17) is 9.47 Å². The van der Waals surface area contributed by atoms with Crippen LogP contribution in [0.4, 0.5) is 0 Å². The number of carbonyl (C=O) groups is 1. The molecule has 1 aromatic carbocycles. The van der Waals surface area contributed by atoms with Crippen LogP contribution >= 0.6 is 0 Å². The number of ether oxygens (including phenoxy) is 2. The zero-order valence-electron chi connectivity index (χ0n) is 18.6. The van der Waals surface area contributed by atoms with Crippen LogP contribution < -0.4 is 14.8 Å². The molecule has 1 N–H and O–H groups in total. The third-order valence-electron chi connectivity index (χ3n) is 5.86. The molecule has 2 aliphatic heterocycles. The van der Waals surface area contributed by atoms with E-state index in [1.807, 2.05) is 32.0 Å². The van der Waals surface area contributed by atoms with Gasteiger partial charge in [-0.2, -0.15) is 17.0 Å². The fourth-order valence-electron chi connectivity index (χ4n) is 4.16. The summed E-state index contributed by atoms with van der Waals surface area (Å²) in [6, 6.07) is 5.85. The number of rotatable bonds is 10. The Morgan fingerprint density at radius 1 is 1.00 bits per heavy atom. The summed E-state index contributed by atoms with van der Waals surface area (Å²) in [5.74, 6) is 1.33. The first-order valence-corrected chi connectivity index (χ1v) is 12.8. The maximum Gasteiger partial charge on any atom is 0.281 e. The summed E-state index contributed by atoms with van der Waals surface area (Å²) in [5.41, 5.74) is 1.07. The quantitative estimate of drug-likeness (QED) is 0.587. The second-order valence-corrected chi connectivity index (χ2v) is 9.90. The molecule has 8 nitrogen and oxygen atoms in total. The second kappa shape index (κ2) is 11.2. The van der Waals surface area contributed by atoms with Crippen LogP contribution in [-0.4, -0.2) is 68.9 Å². The van der Waals surface area contributed by atoms with Gasteiger partial charge in [0.25, 0.3) is 10.2 Å². The standard InChI is InChI=1S/C22H35N3O5S/c1-3-29-20-8-7-18(17-21(20)30-4-2)9-12-23-22(26)19-10-15-25(16-11-19)31(27,28)24-13-5-6-14-24/h7-8,17,19H,3-6,9-16H2,1-2H3,(H,23,26). The Morgan fingerprint density at radius 2 is 1.61 bits per heavy atom. The highest BCUT2D eigenvalue weighted by molar-refractivity contribution is 7.86. The van der Waals surface area contributed by atoms with Crippen LogP contribution in [0.5, 0.6) is 11.5 Å². The Labute approximate surface area is 186 Å². The lowest BCUT2D eigenvalue weighted by molar-refractivity contribution is -0.126. The zero-order chi connectivity index (χ0) is 22.3. The van der Waals surface area contributed by atoms with Crippen molar-refractivity contribution in [1.82, 2.24) is 13.9 Å². The van der Waals surface area contributed by atoms with Gasteiger partial charge in [-0.05, 0) is 63.6 Å². The van der Waals surface area contributed by atoms with Gasteiger partial charge in [-0.1, -0.05) is 6.07 Å². The van der Waals surface area contributed by atoms with Crippen molar-refractivity contribution in [3.8, 4) is 11.5 Å². The first-order chi connectivity index (χ1) is 15.0. The molecule has 0 atom stereocenters. The van der Waals surface area contributed by atoms with E-state index in [-0.39, 0.29) is 11.8 Å². The molecule has 2 saturated heterocycles. The first-order valence-electron chi connectivity index (χ1n) is 11.4. The largest absolute Gasteiger partial charge is 0.490 e. The lowest BCUT2D eigenvalue weighted by atomic mass is 9.97. The Morgan fingerprint density at radius 3 is 2.26 bits per heavy atom. The van der Waals surface area contributed by atoms with E-state index in [0.717, 1.165) is 29.9 Å². The molecule has 1 aromatic rings. The number of amides is 1. The minimum absolute atomic E-state index is 0.00851. The summed E-state index contributed by atoms with van der Waals surface area (Å²) in [6.45, 7) is 7.58. The molecule has 2 fully saturated rings. The van der Waals surface area contributed by atoms with Crippen molar-refractivity contribution in [2.24, 2.45) is 5.92 Å². The van der Waals surface area contributed by atoms with Gasteiger partial charge >= 0.3 is 0 Å². The Kier molecular flexibility index (Phi) is 8.57. The summed E-state index contributed by atoms with van der Waals surface area (Å²) in [5, 5.41) is 3.01. The number of nitrogens with one attached hydrogen (secondary N) is 1. The highest BCUT2D eigenvalue weighted by Crippen LogP contribution is 2.29. The van der Waals surface area contributed by atoms with Crippen LogP contribution in [0.1, 0.15) is 45.1 Å². The fourth-order valence-corrected chi connectivity index (χ4v) is 5.87. The Bertz CT molecular complexity index is 832. The lowest BCUT2D eigenvalue weighted by Gasteiger charge is -2.33. The van der Waals surface area contributed by atoms with E-state index in [9.17, 15) is 13.2 Å². The number of carbonyl (C=O) groups excluding carboxylic acids is 1. The predicted octanol–water partition coefficient (Wildman–Crippen LogP) is 2.20. The van der Waals surface area contributed by atoms with E-state index >= 15 is 0 Å². The number of hydrogen-bond acceptors (Lipinski definition) is 5. The smallest absolute Gasteiger partial charge is 0.281 e. The molecule has 0 saturated carbocycles. The molecule has 2 aliphatic rings. The van der Waals surface area contributed by atoms with Crippen molar-refractivity contribution in [3.63, 3.8) is 0 Å². The van der Waals surface area contributed by atoms with Gasteiger partial charge in [-0.3, -0.25) is 4.79 Å². The van der Waals surface area contributed by atoms with Crippen LogP contribution in [0.2, 0.25) is 0 Å². The van der Waals surface area contributed by atoms with Crippen LogP contribution in [-0.2, 0) is 21.4 Å². The summed E-state index contributed by atoms with van der Waals surface area (Å²) < 4.78 is 39.7. The summed E-state index contributed by atoms with van der Waals surface area (Å²) >= 11 is 0. The normalized spacial score (nSPS) is 18.8. The van der Waals surface area contributed by atoms with Crippen molar-refractivity contribution >= 4 is 16.1 Å². The summed E-state index contributed by atoms with van der Waals surface area (Å²) in [6.07, 6.45) is 3.68. The average Bonchev–Trinajstić information content (AvgIpc) is 3.32. The molecule has 0 aromatic heterocycles. The average molecular weight is 454 g/mol. The van der Waals surface area contributed by atoms with Gasteiger partial charge in [0, 0.05) is 38.6 Å². The van der Waals surface area contributed by atoms with Gasteiger partial charge in [-0.15, -0.1) is 0 Å².